The summed E-state index contributed by atoms with van der Waals surface area (Å²) in [6.07, 6.45) is 6.82. The summed E-state index contributed by atoms with van der Waals surface area (Å²) in [4.78, 5) is 13.7. The van der Waals surface area contributed by atoms with Gasteiger partial charge in [-0.2, -0.15) is 0 Å². The van der Waals surface area contributed by atoms with Gasteiger partial charge < -0.3 is 9.38 Å². The van der Waals surface area contributed by atoms with Gasteiger partial charge >= 0.3 is 0 Å². The Kier molecular flexibility index (Phi) is 7.44. The van der Waals surface area contributed by atoms with Gasteiger partial charge in [0.2, 0.25) is 5.91 Å². The Hall–Kier alpha value is -0.570. The maximum Gasteiger partial charge on any atom is 0.222 e. The van der Waals surface area contributed by atoms with E-state index in [0.29, 0.717) is 5.91 Å². The van der Waals surface area contributed by atoms with Gasteiger partial charge in [-0.05, 0) is 25.7 Å². The fourth-order valence-electron chi connectivity index (χ4n) is 3.63. The first-order chi connectivity index (χ1) is 9.17. The third kappa shape index (κ3) is 5.13. The maximum atomic E-state index is 11.6. The number of likely N-dealkylation sites (tertiary alicyclic amines) is 1. The number of hydrogen-bond acceptors (Lipinski definition) is 1. The van der Waals surface area contributed by atoms with Crippen LogP contribution in [0.5, 0.6) is 0 Å². The van der Waals surface area contributed by atoms with Crippen LogP contribution < -0.4 is 0 Å². The number of nitrogens with zero attached hydrogens (tertiary/aromatic N) is 2. The summed E-state index contributed by atoms with van der Waals surface area (Å²) in [5, 5.41) is 0. The highest BCUT2D eigenvalue weighted by molar-refractivity contribution is 5.77. The van der Waals surface area contributed by atoms with Gasteiger partial charge in [-0.15, -0.1) is 0 Å². The molecule has 0 spiro atoms. The molecule has 0 atom stereocenters. The van der Waals surface area contributed by atoms with Gasteiger partial charge in [0.1, 0.15) is 0 Å². The molecule has 0 N–H and O–H groups in total. The average molecular weight is 269 g/mol. The van der Waals surface area contributed by atoms with Gasteiger partial charge in [0.25, 0.3) is 0 Å². The van der Waals surface area contributed by atoms with E-state index in [4.69, 9.17) is 0 Å². The van der Waals surface area contributed by atoms with Crippen LogP contribution in [-0.2, 0) is 4.79 Å². The fraction of sp³-hybridized carbons (Fsp3) is 0.938. The van der Waals surface area contributed by atoms with Crippen LogP contribution in [0.15, 0.2) is 0 Å². The van der Waals surface area contributed by atoms with Crippen molar-refractivity contribution in [2.75, 3.05) is 39.3 Å². The summed E-state index contributed by atoms with van der Waals surface area (Å²) >= 11 is 0. The topological polar surface area (TPSA) is 20.3 Å². The number of carbonyl (C=O) groups excluding carboxylic acids is 1. The van der Waals surface area contributed by atoms with Crippen LogP contribution in [0.1, 0.15) is 59.3 Å². The minimum atomic E-state index is 0.375. The van der Waals surface area contributed by atoms with Crippen LogP contribution in [0.25, 0.3) is 0 Å². The Labute approximate surface area is 119 Å². The zero-order chi connectivity index (χ0) is 14.1. The van der Waals surface area contributed by atoms with Crippen molar-refractivity contribution < 1.29 is 9.28 Å². The Morgan fingerprint density at radius 1 is 1.00 bits per heavy atom. The number of carbonyl (C=O) groups is 1. The van der Waals surface area contributed by atoms with Crippen molar-refractivity contribution >= 4 is 5.91 Å². The predicted molar refractivity (Wildman–Crippen MR) is 81.0 cm³/mol. The fourth-order valence-corrected chi connectivity index (χ4v) is 3.63. The second-order valence-corrected chi connectivity index (χ2v) is 6.07. The van der Waals surface area contributed by atoms with Crippen molar-refractivity contribution in [3.05, 3.63) is 0 Å². The first-order valence-corrected chi connectivity index (χ1v) is 8.30. The molecule has 1 saturated heterocycles. The van der Waals surface area contributed by atoms with E-state index in [1.807, 2.05) is 0 Å². The highest BCUT2D eigenvalue weighted by atomic mass is 16.2. The number of amides is 1. The lowest BCUT2D eigenvalue weighted by atomic mass is 10.2. The summed E-state index contributed by atoms with van der Waals surface area (Å²) in [5.74, 6) is 0.375. The molecule has 1 aliphatic rings. The van der Waals surface area contributed by atoms with Crippen molar-refractivity contribution in [2.24, 2.45) is 0 Å². The van der Waals surface area contributed by atoms with Gasteiger partial charge in [0.15, 0.2) is 0 Å². The molecule has 1 aliphatic heterocycles. The van der Waals surface area contributed by atoms with Gasteiger partial charge in [-0.3, -0.25) is 4.79 Å². The lowest BCUT2D eigenvalue weighted by Crippen LogP contribution is -2.51. The normalized spacial score (nSPS) is 16.4. The summed E-state index contributed by atoms with van der Waals surface area (Å²) in [6, 6.07) is 0. The Morgan fingerprint density at radius 3 is 2.00 bits per heavy atom. The summed E-state index contributed by atoms with van der Waals surface area (Å²) < 4.78 is 1.27. The van der Waals surface area contributed by atoms with E-state index >= 15 is 0 Å². The zero-order valence-electron chi connectivity index (χ0n) is 13.3. The summed E-state index contributed by atoms with van der Waals surface area (Å²) in [5.41, 5.74) is 0. The zero-order valence-corrected chi connectivity index (χ0v) is 13.3. The van der Waals surface area contributed by atoms with Gasteiger partial charge in [0, 0.05) is 25.9 Å². The molecule has 0 aromatic rings. The SMILES string of the molecule is CCC[N+](CCC)(CCC)CCCN1CCCC1=O. The minimum absolute atomic E-state index is 0.375. The number of hydrogen-bond donors (Lipinski definition) is 0. The highest BCUT2D eigenvalue weighted by Crippen LogP contribution is 2.15. The second kappa shape index (κ2) is 8.57. The molecule has 3 nitrogen and oxygen atoms in total. The van der Waals surface area contributed by atoms with E-state index in [-0.39, 0.29) is 0 Å². The third-order valence-corrected chi connectivity index (χ3v) is 4.33. The average Bonchev–Trinajstić information content (AvgIpc) is 2.76. The van der Waals surface area contributed by atoms with Crippen molar-refractivity contribution in [3.8, 4) is 0 Å². The monoisotopic (exact) mass is 269 g/mol. The van der Waals surface area contributed by atoms with Crippen molar-refractivity contribution in [2.45, 2.75) is 59.3 Å². The van der Waals surface area contributed by atoms with Crippen LogP contribution in [0, 0.1) is 0 Å². The van der Waals surface area contributed by atoms with Crippen LogP contribution in [0.4, 0.5) is 0 Å². The summed E-state index contributed by atoms with van der Waals surface area (Å²) in [7, 11) is 0. The molecule has 3 heteroatoms. The molecule has 112 valence electrons. The van der Waals surface area contributed by atoms with Crippen molar-refractivity contribution in [1.82, 2.24) is 4.90 Å². The molecule has 19 heavy (non-hydrogen) atoms. The molecule has 0 bridgehead atoms. The van der Waals surface area contributed by atoms with E-state index in [1.54, 1.807) is 0 Å². The molecular weight excluding hydrogens is 236 g/mol. The van der Waals surface area contributed by atoms with Crippen molar-refractivity contribution in [1.29, 1.82) is 0 Å². The maximum absolute atomic E-state index is 11.6. The highest BCUT2D eigenvalue weighted by Gasteiger charge is 2.26. The first kappa shape index (κ1) is 16.5. The molecule has 1 fully saturated rings. The number of quaternary nitrogens is 1. The van der Waals surface area contributed by atoms with Crippen LogP contribution in [0.2, 0.25) is 0 Å². The molecule has 0 aromatic carbocycles. The van der Waals surface area contributed by atoms with Crippen molar-refractivity contribution in [3.63, 3.8) is 0 Å². The quantitative estimate of drug-likeness (QED) is 0.558. The van der Waals surface area contributed by atoms with E-state index in [2.05, 4.69) is 25.7 Å². The van der Waals surface area contributed by atoms with Crippen LogP contribution in [0.3, 0.4) is 0 Å². The molecule has 0 aliphatic carbocycles. The van der Waals surface area contributed by atoms with E-state index in [1.165, 1.54) is 56.3 Å². The number of rotatable bonds is 10. The van der Waals surface area contributed by atoms with Gasteiger partial charge in [-0.1, -0.05) is 20.8 Å². The summed E-state index contributed by atoms with van der Waals surface area (Å²) in [6.45, 7) is 14.0. The standard InChI is InChI=1S/C16H33N2O/c1-4-12-18(13-5-2,14-6-3)15-8-11-17-10-7-9-16(17)19/h4-15H2,1-3H3/q+1. The minimum Gasteiger partial charge on any atom is -0.342 e. The molecule has 0 radical (unpaired) electrons. The lowest BCUT2D eigenvalue weighted by Gasteiger charge is -2.39. The molecular formula is C16H33N2O+. The third-order valence-electron chi connectivity index (χ3n) is 4.33. The molecule has 1 rings (SSSR count). The molecule has 0 unspecified atom stereocenters. The smallest absolute Gasteiger partial charge is 0.222 e. The Morgan fingerprint density at radius 2 is 1.58 bits per heavy atom. The predicted octanol–water partition coefficient (Wildman–Crippen LogP) is 3.05. The molecule has 0 saturated carbocycles. The molecule has 1 amide bonds. The van der Waals surface area contributed by atoms with E-state index in [9.17, 15) is 4.79 Å². The van der Waals surface area contributed by atoms with Gasteiger partial charge in [0.05, 0.1) is 26.2 Å². The largest absolute Gasteiger partial charge is 0.342 e. The van der Waals surface area contributed by atoms with E-state index in [0.717, 1.165) is 25.9 Å². The van der Waals surface area contributed by atoms with Gasteiger partial charge in [-0.25, -0.2) is 0 Å². The molecule has 1 heterocycles. The van der Waals surface area contributed by atoms with Crippen LogP contribution in [-0.4, -0.2) is 54.6 Å². The van der Waals surface area contributed by atoms with E-state index < -0.39 is 0 Å². The molecule has 0 aromatic heterocycles. The first-order valence-electron chi connectivity index (χ1n) is 8.30. The second-order valence-electron chi connectivity index (χ2n) is 6.07. The van der Waals surface area contributed by atoms with Crippen LogP contribution >= 0.6 is 0 Å². The Balaban J connectivity index is 2.44. The Bertz CT molecular complexity index is 248. The lowest BCUT2D eigenvalue weighted by molar-refractivity contribution is -0.928.